The Balaban J connectivity index is 1.15. The van der Waals surface area contributed by atoms with Gasteiger partial charge in [-0.1, -0.05) is 31.4 Å². The zero-order valence-corrected chi connectivity index (χ0v) is 24.8. The van der Waals surface area contributed by atoms with E-state index in [0.29, 0.717) is 41.2 Å². The average Bonchev–Trinajstić information content (AvgIpc) is 3.68. The van der Waals surface area contributed by atoms with Crippen LogP contribution in [0.4, 0.5) is 20.7 Å². The third-order valence-corrected chi connectivity index (χ3v) is 8.80. The van der Waals surface area contributed by atoms with Gasteiger partial charge in [0.05, 0.1) is 28.8 Å². The van der Waals surface area contributed by atoms with Gasteiger partial charge in [-0.05, 0) is 86.3 Å². The van der Waals surface area contributed by atoms with Gasteiger partial charge in [0.2, 0.25) is 5.78 Å². The maximum atomic E-state index is 14.1. The second-order valence-corrected chi connectivity index (χ2v) is 11.8. The number of carbonyl (C=O) groups excluding carboxylic acids is 3. The van der Waals surface area contributed by atoms with Crippen molar-refractivity contribution in [2.24, 2.45) is 0 Å². The molecule has 228 valence electrons. The second kappa shape index (κ2) is 10.6. The van der Waals surface area contributed by atoms with E-state index in [1.807, 2.05) is 19.9 Å². The number of aromatic nitrogens is 3. The van der Waals surface area contributed by atoms with E-state index in [1.165, 1.54) is 21.8 Å². The number of aryl methyl sites for hydroxylation is 2. The molecule has 3 heterocycles. The van der Waals surface area contributed by atoms with Gasteiger partial charge >= 0.3 is 6.03 Å². The van der Waals surface area contributed by atoms with Gasteiger partial charge in [-0.15, -0.1) is 0 Å². The molecule has 2 fully saturated rings. The van der Waals surface area contributed by atoms with E-state index < -0.39 is 17.4 Å². The lowest BCUT2D eigenvalue weighted by atomic mass is 9.81. The number of hydrogen-bond acceptors (Lipinski definition) is 6. The minimum Gasteiger partial charge on any atom is -0.454 e. The Morgan fingerprint density at radius 3 is 2.51 bits per heavy atom. The Morgan fingerprint density at radius 1 is 0.978 bits per heavy atom. The Labute approximate surface area is 258 Å². The monoisotopic (exact) mass is 606 g/mol. The number of H-pyrrole nitrogens is 1. The molecule has 2 aromatic heterocycles. The van der Waals surface area contributed by atoms with Gasteiger partial charge < -0.3 is 20.8 Å². The molecule has 1 aliphatic carbocycles. The summed E-state index contributed by atoms with van der Waals surface area (Å²) in [6.07, 6.45) is 5.53. The summed E-state index contributed by atoms with van der Waals surface area (Å²) < 4.78 is 21.3. The predicted molar refractivity (Wildman–Crippen MR) is 167 cm³/mol. The number of aromatic amines is 1. The number of halogens is 1. The first-order valence-corrected chi connectivity index (χ1v) is 14.9. The number of nitrogens with zero attached hydrogens (tertiary/aromatic N) is 3. The number of amides is 3. The molecule has 0 radical (unpaired) electrons. The number of rotatable bonds is 6. The molecule has 4 N–H and O–H groups in total. The minimum atomic E-state index is -0.836. The van der Waals surface area contributed by atoms with Crippen LogP contribution in [-0.2, 0) is 4.79 Å². The van der Waals surface area contributed by atoms with Crippen LogP contribution in [0.25, 0.3) is 16.6 Å². The number of fused-ring (bicyclic) bond motifs is 1. The molecular weight excluding hydrogens is 575 g/mol. The van der Waals surface area contributed by atoms with Crippen molar-refractivity contribution < 1.29 is 23.5 Å². The van der Waals surface area contributed by atoms with Crippen LogP contribution in [0.3, 0.4) is 0 Å². The average molecular weight is 607 g/mol. The number of ketones is 1. The van der Waals surface area contributed by atoms with E-state index in [-0.39, 0.29) is 28.8 Å². The van der Waals surface area contributed by atoms with E-state index in [2.05, 4.69) is 15.4 Å². The van der Waals surface area contributed by atoms with E-state index in [9.17, 15) is 18.8 Å². The summed E-state index contributed by atoms with van der Waals surface area (Å²) >= 11 is 0. The molecule has 11 heteroatoms. The smallest absolute Gasteiger partial charge is 0.329 e. The summed E-state index contributed by atoms with van der Waals surface area (Å²) in [6.45, 7) is 3.66. The lowest BCUT2D eigenvalue weighted by Gasteiger charge is -2.30. The van der Waals surface area contributed by atoms with Crippen molar-refractivity contribution in [1.29, 1.82) is 0 Å². The largest absolute Gasteiger partial charge is 0.454 e. The quantitative estimate of drug-likeness (QED) is 0.150. The molecule has 1 saturated carbocycles. The number of carbonyl (C=O) groups is 3. The van der Waals surface area contributed by atoms with E-state index in [4.69, 9.17) is 10.5 Å². The van der Waals surface area contributed by atoms with Crippen LogP contribution in [0.5, 0.6) is 11.5 Å². The first kappa shape index (κ1) is 28.3. The van der Waals surface area contributed by atoms with Crippen molar-refractivity contribution in [2.75, 3.05) is 10.6 Å². The number of nitrogen functional groups attached to an aromatic ring is 1. The zero-order valence-electron chi connectivity index (χ0n) is 24.8. The van der Waals surface area contributed by atoms with Crippen molar-refractivity contribution in [3.63, 3.8) is 0 Å². The van der Waals surface area contributed by atoms with Crippen LogP contribution in [0.15, 0.2) is 66.9 Å². The number of urea groups is 1. The van der Waals surface area contributed by atoms with Crippen LogP contribution in [0.1, 0.15) is 59.3 Å². The van der Waals surface area contributed by atoms with Gasteiger partial charge in [-0.2, -0.15) is 5.10 Å². The molecule has 45 heavy (non-hydrogen) atoms. The van der Waals surface area contributed by atoms with Gasteiger partial charge in [0.25, 0.3) is 5.91 Å². The first-order chi connectivity index (χ1) is 21.6. The summed E-state index contributed by atoms with van der Waals surface area (Å²) in [5.74, 6) is -0.313. The molecule has 7 rings (SSSR count). The lowest BCUT2D eigenvalue weighted by molar-refractivity contribution is -0.123. The number of hydrogen-bond donors (Lipinski definition) is 3. The number of para-hydroxylation sites is 1. The standard InChI is InChI=1S/C34H31FN6O4/c1-19-14-21-16-26(38-25(21)17-27(19)40-32(43)34(39-33(40)44)12-6-3-7-13-34)30(42)23-18-37-41(31(23)36)22-10-11-28(20(2)15-22)45-29-9-5-4-8-24(29)35/h4-5,8-11,14-18,38H,3,6-7,12-13,36H2,1-2H3,(H,39,44). The number of nitrogens with one attached hydrogen (secondary N) is 2. The number of imide groups is 1. The SMILES string of the molecule is Cc1cc(-n2ncc(C(=O)c3cc4cc(C)c(N5C(=O)NC6(CCCCC6)C5=O)cc4[nH]3)c2N)ccc1Oc1ccccc1F. The minimum absolute atomic E-state index is 0.115. The second-order valence-electron chi connectivity index (χ2n) is 11.8. The zero-order chi connectivity index (χ0) is 31.5. The van der Waals surface area contributed by atoms with Gasteiger partial charge in [-0.25, -0.2) is 18.8 Å². The molecule has 5 aromatic rings. The summed E-state index contributed by atoms with van der Waals surface area (Å²) in [7, 11) is 0. The maximum Gasteiger partial charge on any atom is 0.329 e. The van der Waals surface area contributed by atoms with Gasteiger partial charge in [0, 0.05) is 10.9 Å². The molecule has 10 nitrogen and oxygen atoms in total. The normalized spacial score (nSPS) is 16.0. The molecule has 3 aromatic carbocycles. The summed E-state index contributed by atoms with van der Waals surface area (Å²) in [5, 5.41) is 8.07. The summed E-state index contributed by atoms with van der Waals surface area (Å²) in [6, 6.07) is 16.3. The number of ether oxygens (including phenoxy) is 1. The van der Waals surface area contributed by atoms with E-state index >= 15 is 0 Å². The topological polar surface area (TPSA) is 135 Å². The molecule has 0 unspecified atom stereocenters. The van der Waals surface area contributed by atoms with E-state index in [0.717, 1.165) is 35.8 Å². The molecular formula is C34H31FN6O4. The molecule has 2 aliphatic rings. The van der Waals surface area contributed by atoms with Crippen LogP contribution < -0.4 is 20.7 Å². The molecule has 0 bridgehead atoms. The predicted octanol–water partition coefficient (Wildman–Crippen LogP) is 6.47. The Morgan fingerprint density at radius 2 is 1.76 bits per heavy atom. The third-order valence-electron chi connectivity index (χ3n) is 8.80. The van der Waals surface area contributed by atoms with Gasteiger partial charge in [0.15, 0.2) is 11.6 Å². The summed E-state index contributed by atoms with van der Waals surface area (Å²) in [4.78, 5) is 44.5. The lowest BCUT2D eigenvalue weighted by Crippen LogP contribution is -2.48. The molecule has 3 amide bonds. The van der Waals surface area contributed by atoms with Crippen LogP contribution in [0.2, 0.25) is 0 Å². The number of anilines is 2. The van der Waals surface area contributed by atoms with Crippen molar-refractivity contribution >= 4 is 40.1 Å². The molecule has 1 aliphatic heterocycles. The first-order valence-electron chi connectivity index (χ1n) is 14.9. The summed E-state index contributed by atoms with van der Waals surface area (Å²) in [5.41, 5.74) is 9.24. The van der Waals surface area contributed by atoms with Crippen LogP contribution >= 0.6 is 0 Å². The Bertz CT molecular complexity index is 2020. The van der Waals surface area contributed by atoms with Gasteiger partial charge in [0.1, 0.15) is 17.1 Å². The number of benzene rings is 3. The Hall–Kier alpha value is -5.45. The fourth-order valence-electron chi connectivity index (χ4n) is 6.39. The van der Waals surface area contributed by atoms with Crippen molar-refractivity contribution in [2.45, 2.75) is 51.5 Å². The van der Waals surface area contributed by atoms with Crippen molar-refractivity contribution in [3.05, 3.63) is 95.1 Å². The maximum absolute atomic E-state index is 14.1. The van der Waals surface area contributed by atoms with Crippen LogP contribution in [0, 0.1) is 19.7 Å². The van der Waals surface area contributed by atoms with E-state index in [1.54, 1.807) is 48.5 Å². The fourth-order valence-corrected chi connectivity index (χ4v) is 6.39. The highest BCUT2D eigenvalue weighted by atomic mass is 19.1. The van der Waals surface area contributed by atoms with Crippen LogP contribution in [-0.4, -0.2) is 38.0 Å². The van der Waals surface area contributed by atoms with Crippen molar-refractivity contribution in [1.82, 2.24) is 20.1 Å². The Kier molecular flexibility index (Phi) is 6.68. The van der Waals surface area contributed by atoms with Gasteiger partial charge in [-0.3, -0.25) is 9.59 Å². The fraction of sp³-hybridized carbons (Fsp3) is 0.235. The molecule has 1 saturated heterocycles. The third kappa shape index (κ3) is 4.71. The molecule has 1 spiro atoms. The number of nitrogens with two attached hydrogens (primary N) is 1. The highest BCUT2D eigenvalue weighted by molar-refractivity contribution is 6.24. The van der Waals surface area contributed by atoms with Crippen molar-refractivity contribution in [3.8, 4) is 17.2 Å². The molecule has 0 atom stereocenters. The highest BCUT2D eigenvalue weighted by Gasteiger charge is 2.52. The highest BCUT2D eigenvalue weighted by Crippen LogP contribution is 2.38.